The summed E-state index contributed by atoms with van der Waals surface area (Å²) in [5.74, 6) is -2.04. The number of esters is 1. The van der Waals surface area contributed by atoms with Crippen LogP contribution in [0.5, 0.6) is 0 Å². The highest BCUT2D eigenvalue weighted by atomic mass is 35.5. The van der Waals surface area contributed by atoms with Gasteiger partial charge in [0.05, 0.1) is 21.3 Å². The molecule has 11 heteroatoms. The SMILES string of the molecule is O=C(CCCC(=O)OCC(=O)Nc1ccccc1C(F)(F)F)Nc1ccc(Cl)c(Cl)c1. The molecule has 0 spiro atoms. The van der Waals surface area contributed by atoms with Crippen molar-refractivity contribution in [3.05, 3.63) is 58.1 Å². The normalized spacial score (nSPS) is 11.0. The van der Waals surface area contributed by atoms with Crippen LogP contribution in [0.15, 0.2) is 42.5 Å². The zero-order chi connectivity index (χ0) is 23.0. The number of nitrogens with one attached hydrogen (secondary N) is 2. The molecule has 2 rings (SSSR count). The molecule has 0 heterocycles. The number of halogens is 5. The van der Waals surface area contributed by atoms with E-state index in [1.54, 1.807) is 6.07 Å². The first-order chi connectivity index (χ1) is 14.6. The maximum atomic E-state index is 12.9. The molecule has 2 N–H and O–H groups in total. The smallest absolute Gasteiger partial charge is 0.418 e. The van der Waals surface area contributed by atoms with E-state index in [0.29, 0.717) is 10.7 Å². The number of ether oxygens (including phenoxy) is 1. The third-order valence-electron chi connectivity index (χ3n) is 3.86. The van der Waals surface area contributed by atoms with E-state index in [4.69, 9.17) is 27.9 Å². The number of hydrogen-bond donors (Lipinski definition) is 2. The summed E-state index contributed by atoms with van der Waals surface area (Å²) in [5.41, 5.74) is -1.00. The first-order valence-electron chi connectivity index (χ1n) is 8.93. The Morgan fingerprint density at radius 3 is 2.29 bits per heavy atom. The Kier molecular flexibility index (Phi) is 8.70. The monoisotopic (exact) mass is 476 g/mol. The van der Waals surface area contributed by atoms with Crippen molar-refractivity contribution in [1.82, 2.24) is 0 Å². The zero-order valence-corrected chi connectivity index (χ0v) is 17.4. The van der Waals surface area contributed by atoms with Gasteiger partial charge in [-0.25, -0.2) is 0 Å². The molecule has 0 fully saturated rings. The Morgan fingerprint density at radius 2 is 1.61 bits per heavy atom. The fourth-order valence-corrected chi connectivity index (χ4v) is 2.73. The molecule has 166 valence electrons. The summed E-state index contributed by atoms with van der Waals surface area (Å²) in [6.07, 6.45) is -4.65. The van der Waals surface area contributed by atoms with E-state index in [2.05, 4.69) is 10.6 Å². The van der Waals surface area contributed by atoms with Gasteiger partial charge in [0.2, 0.25) is 5.91 Å². The summed E-state index contributed by atoms with van der Waals surface area (Å²) in [7, 11) is 0. The number of alkyl halides is 3. The Labute approximate surface area is 185 Å². The molecule has 0 unspecified atom stereocenters. The predicted molar refractivity (Wildman–Crippen MR) is 110 cm³/mol. The van der Waals surface area contributed by atoms with Crippen LogP contribution in [0.25, 0.3) is 0 Å². The number of anilines is 2. The van der Waals surface area contributed by atoms with Crippen LogP contribution in [0.1, 0.15) is 24.8 Å². The maximum absolute atomic E-state index is 12.9. The number of hydrogen-bond acceptors (Lipinski definition) is 4. The highest BCUT2D eigenvalue weighted by Gasteiger charge is 2.33. The Hall–Kier alpha value is -2.78. The fourth-order valence-electron chi connectivity index (χ4n) is 2.43. The van der Waals surface area contributed by atoms with Crippen LogP contribution >= 0.6 is 23.2 Å². The van der Waals surface area contributed by atoms with Crippen LogP contribution in [0.2, 0.25) is 10.0 Å². The molecular formula is C20H17Cl2F3N2O4. The third kappa shape index (κ3) is 8.10. The molecule has 0 saturated carbocycles. The molecule has 0 saturated heterocycles. The van der Waals surface area contributed by atoms with E-state index in [0.717, 1.165) is 12.1 Å². The quantitative estimate of drug-likeness (QED) is 0.506. The lowest BCUT2D eigenvalue weighted by molar-refractivity contribution is -0.147. The van der Waals surface area contributed by atoms with Crippen molar-refractivity contribution >= 4 is 52.4 Å². The molecule has 31 heavy (non-hydrogen) atoms. The number of rotatable bonds is 8. The number of para-hydroxylation sites is 1. The van der Waals surface area contributed by atoms with Crippen molar-refractivity contribution in [2.75, 3.05) is 17.2 Å². The lowest BCUT2D eigenvalue weighted by Gasteiger charge is -2.13. The molecule has 2 aromatic rings. The maximum Gasteiger partial charge on any atom is 0.418 e. The second-order valence-corrected chi connectivity index (χ2v) is 7.10. The first-order valence-corrected chi connectivity index (χ1v) is 9.68. The van der Waals surface area contributed by atoms with Gasteiger partial charge >= 0.3 is 12.1 Å². The van der Waals surface area contributed by atoms with Crippen molar-refractivity contribution in [3.8, 4) is 0 Å². The second kappa shape index (κ2) is 11.0. The minimum absolute atomic E-state index is 0.000496. The van der Waals surface area contributed by atoms with Crippen LogP contribution in [-0.4, -0.2) is 24.4 Å². The molecule has 0 radical (unpaired) electrons. The van der Waals surface area contributed by atoms with Crippen LogP contribution in [-0.2, 0) is 25.3 Å². The summed E-state index contributed by atoms with van der Waals surface area (Å²) in [6, 6.07) is 9.01. The van der Waals surface area contributed by atoms with E-state index in [1.807, 2.05) is 0 Å². The van der Waals surface area contributed by atoms with E-state index in [-0.39, 0.29) is 30.2 Å². The minimum Gasteiger partial charge on any atom is -0.456 e. The van der Waals surface area contributed by atoms with Gasteiger partial charge in [-0.1, -0.05) is 35.3 Å². The minimum atomic E-state index is -4.64. The van der Waals surface area contributed by atoms with Gasteiger partial charge < -0.3 is 15.4 Å². The highest BCUT2D eigenvalue weighted by Crippen LogP contribution is 2.34. The molecule has 0 aliphatic carbocycles. The average Bonchev–Trinajstić information content (AvgIpc) is 2.69. The molecule has 6 nitrogen and oxygen atoms in total. The second-order valence-electron chi connectivity index (χ2n) is 6.28. The van der Waals surface area contributed by atoms with Gasteiger partial charge in [-0.15, -0.1) is 0 Å². The van der Waals surface area contributed by atoms with Gasteiger partial charge in [0.25, 0.3) is 5.91 Å². The van der Waals surface area contributed by atoms with Gasteiger partial charge in [0, 0.05) is 18.5 Å². The first kappa shape index (κ1) is 24.5. The van der Waals surface area contributed by atoms with E-state index in [9.17, 15) is 27.6 Å². The fraction of sp³-hybridized carbons (Fsp3) is 0.250. The molecule has 0 atom stereocenters. The topological polar surface area (TPSA) is 84.5 Å². The molecule has 0 aromatic heterocycles. The van der Waals surface area contributed by atoms with Gasteiger partial charge in [-0.2, -0.15) is 13.2 Å². The van der Waals surface area contributed by atoms with Gasteiger partial charge in [-0.3, -0.25) is 14.4 Å². The number of carbonyl (C=O) groups excluding carboxylic acids is 3. The van der Waals surface area contributed by atoms with Crippen LogP contribution in [0.3, 0.4) is 0 Å². The number of benzene rings is 2. The van der Waals surface area contributed by atoms with E-state index < -0.39 is 35.9 Å². The lowest BCUT2D eigenvalue weighted by atomic mass is 10.1. The average molecular weight is 477 g/mol. The van der Waals surface area contributed by atoms with Gasteiger partial charge in [-0.05, 0) is 36.8 Å². The van der Waals surface area contributed by atoms with Crippen molar-refractivity contribution in [2.24, 2.45) is 0 Å². The Morgan fingerprint density at radius 1 is 0.903 bits per heavy atom. The molecule has 0 aliphatic heterocycles. The molecule has 2 amide bonds. The molecule has 2 aromatic carbocycles. The van der Waals surface area contributed by atoms with E-state index >= 15 is 0 Å². The van der Waals surface area contributed by atoms with Crippen molar-refractivity contribution < 1.29 is 32.3 Å². The van der Waals surface area contributed by atoms with Crippen LogP contribution in [0.4, 0.5) is 24.5 Å². The van der Waals surface area contributed by atoms with Crippen LogP contribution < -0.4 is 10.6 Å². The Bertz CT molecular complexity index is 968. The highest BCUT2D eigenvalue weighted by molar-refractivity contribution is 6.42. The van der Waals surface area contributed by atoms with Gasteiger partial charge in [0.1, 0.15) is 0 Å². The third-order valence-corrected chi connectivity index (χ3v) is 4.60. The summed E-state index contributed by atoms with van der Waals surface area (Å²) in [4.78, 5) is 35.4. The predicted octanol–water partition coefficient (Wildman–Crippen LogP) is 5.30. The zero-order valence-electron chi connectivity index (χ0n) is 15.9. The number of amides is 2. The van der Waals surface area contributed by atoms with Crippen LogP contribution in [0, 0.1) is 0 Å². The Balaban J connectivity index is 1.72. The van der Waals surface area contributed by atoms with E-state index in [1.165, 1.54) is 24.3 Å². The molecule has 0 aliphatic rings. The molecule has 0 bridgehead atoms. The summed E-state index contributed by atoms with van der Waals surface area (Å²) in [6.45, 7) is -0.750. The summed E-state index contributed by atoms with van der Waals surface area (Å²) < 4.78 is 43.5. The standard InChI is InChI=1S/C20H17Cl2F3N2O4/c21-14-9-8-12(10-15(14)22)26-17(28)6-3-7-19(30)31-11-18(29)27-16-5-2-1-4-13(16)20(23,24)25/h1-2,4-5,8-10H,3,6-7,11H2,(H,26,28)(H,27,29). The van der Waals surface area contributed by atoms with Crippen molar-refractivity contribution in [3.63, 3.8) is 0 Å². The molecular weight excluding hydrogens is 460 g/mol. The number of carbonyl (C=O) groups is 3. The summed E-state index contributed by atoms with van der Waals surface area (Å²) in [5, 5.41) is 5.27. The van der Waals surface area contributed by atoms with Gasteiger partial charge in [0.15, 0.2) is 6.61 Å². The summed E-state index contributed by atoms with van der Waals surface area (Å²) >= 11 is 11.6. The lowest BCUT2D eigenvalue weighted by Crippen LogP contribution is -2.22. The largest absolute Gasteiger partial charge is 0.456 e. The van der Waals surface area contributed by atoms with Crippen molar-refractivity contribution in [1.29, 1.82) is 0 Å². The van der Waals surface area contributed by atoms with Crippen molar-refractivity contribution in [2.45, 2.75) is 25.4 Å².